The van der Waals surface area contributed by atoms with Crippen LogP contribution in [0.25, 0.3) is 0 Å². The third kappa shape index (κ3) is 3.66. The van der Waals surface area contributed by atoms with Gasteiger partial charge in [0.25, 0.3) is 0 Å². The van der Waals surface area contributed by atoms with E-state index in [0.717, 1.165) is 31.1 Å². The van der Waals surface area contributed by atoms with Crippen LogP contribution >= 0.6 is 0 Å². The predicted octanol–water partition coefficient (Wildman–Crippen LogP) is 2.99. The molecule has 0 saturated carbocycles. The lowest BCUT2D eigenvalue weighted by molar-refractivity contribution is -0.0318. The van der Waals surface area contributed by atoms with Gasteiger partial charge in [0.1, 0.15) is 11.6 Å². The minimum absolute atomic E-state index is 0.366. The molecule has 0 aliphatic carbocycles. The molecule has 6 nitrogen and oxygen atoms in total. The number of piperidine rings is 3. The summed E-state index contributed by atoms with van der Waals surface area (Å²) < 4.78 is 5.47. The monoisotopic (exact) mass is 393 g/mol. The van der Waals surface area contributed by atoms with Crippen molar-refractivity contribution in [2.24, 2.45) is 11.8 Å². The number of anilines is 2. The number of methoxy groups -OCH3 is 1. The molecule has 0 spiro atoms. The van der Waals surface area contributed by atoms with E-state index in [1.807, 2.05) is 12.1 Å². The molecule has 5 rings (SSSR count). The van der Waals surface area contributed by atoms with Crippen molar-refractivity contribution >= 4 is 11.8 Å². The summed E-state index contributed by atoms with van der Waals surface area (Å²) in [4.78, 5) is 13.9. The van der Waals surface area contributed by atoms with Crippen LogP contribution in [0.1, 0.15) is 31.2 Å². The highest BCUT2D eigenvalue weighted by molar-refractivity contribution is 5.42. The highest BCUT2D eigenvalue weighted by atomic mass is 16.5. The van der Waals surface area contributed by atoms with Crippen LogP contribution < -0.4 is 15.4 Å². The van der Waals surface area contributed by atoms with E-state index >= 15 is 0 Å². The van der Waals surface area contributed by atoms with Gasteiger partial charge in [-0.1, -0.05) is 18.6 Å². The molecule has 0 radical (unpaired) electrons. The number of nitrogens with zero attached hydrogens (tertiary/aromatic N) is 4. The normalized spacial score (nSPS) is 29.3. The fraction of sp³-hybridized carbons (Fsp3) is 0.565. The maximum atomic E-state index is 5.88. The Labute approximate surface area is 173 Å². The zero-order valence-electron chi connectivity index (χ0n) is 17.2. The molecule has 4 atom stereocenters. The Morgan fingerprint density at radius 3 is 2.93 bits per heavy atom. The summed E-state index contributed by atoms with van der Waals surface area (Å²) in [6.07, 6.45) is 8.21. The van der Waals surface area contributed by atoms with Crippen LogP contribution in [-0.4, -0.2) is 53.7 Å². The first-order valence-corrected chi connectivity index (χ1v) is 10.9. The van der Waals surface area contributed by atoms with Gasteiger partial charge in [-0.25, -0.2) is 4.98 Å². The van der Waals surface area contributed by atoms with Gasteiger partial charge < -0.3 is 15.4 Å². The number of hydrogen-bond donors (Lipinski definition) is 1. The molecule has 6 heteroatoms. The van der Waals surface area contributed by atoms with E-state index in [9.17, 15) is 0 Å². The van der Waals surface area contributed by atoms with Gasteiger partial charge in [0, 0.05) is 31.4 Å². The second kappa shape index (κ2) is 7.82. The van der Waals surface area contributed by atoms with Crippen molar-refractivity contribution < 1.29 is 4.74 Å². The summed E-state index contributed by atoms with van der Waals surface area (Å²) in [5.41, 5.74) is 7.25. The minimum Gasteiger partial charge on any atom is -0.497 e. The zero-order valence-corrected chi connectivity index (χ0v) is 17.2. The maximum Gasteiger partial charge on any atom is 0.221 e. The second-order valence-corrected chi connectivity index (χ2v) is 8.86. The quantitative estimate of drug-likeness (QED) is 0.861. The first kappa shape index (κ1) is 18.7. The van der Waals surface area contributed by atoms with Crippen molar-refractivity contribution in [1.82, 2.24) is 14.9 Å². The molecule has 3 fully saturated rings. The average Bonchev–Trinajstić information content (AvgIpc) is 2.77. The molecule has 1 aromatic heterocycles. The van der Waals surface area contributed by atoms with Gasteiger partial charge >= 0.3 is 0 Å². The van der Waals surface area contributed by atoms with Crippen LogP contribution in [0.5, 0.6) is 5.75 Å². The number of aromatic nitrogens is 2. The molecule has 29 heavy (non-hydrogen) atoms. The summed E-state index contributed by atoms with van der Waals surface area (Å²) in [7, 11) is 1.75. The van der Waals surface area contributed by atoms with Crippen molar-refractivity contribution in [3.8, 4) is 5.75 Å². The molecular weight excluding hydrogens is 362 g/mol. The molecule has 2 N–H and O–H groups in total. The molecular formula is C23H31N5O. The molecule has 0 unspecified atom stereocenters. The lowest BCUT2D eigenvalue weighted by atomic mass is 9.71. The largest absolute Gasteiger partial charge is 0.497 e. The Hall–Kier alpha value is -2.34. The van der Waals surface area contributed by atoms with Crippen molar-refractivity contribution in [3.63, 3.8) is 0 Å². The second-order valence-electron chi connectivity index (χ2n) is 8.86. The SMILES string of the molecule is COc1cccc(C[C@H]2[C@H]3C[C@H](CN(c4ccnc(N)n4)C3)[C@@H]3CCCCN32)c1. The summed E-state index contributed by atoms with van der Waals surface area (Å²) in [6, 6.07) is 11.9. The van der Waals surface area contributed by atoms with Crippen LogP contribution in [0.15, 0.2) is 36.5 Å². The van der Waals surface area contributed by atoms with Gasteiger partial charge in [-0.3, -0.25) is 4.90 Å². The van der Waals surface area contributed by atoms with E-state index in [1.54, 1.807) is 13.3 Å². The number of benzene rings is 1. The van der Waals surface area contributed by atoms with E-state index in [1.165, 1.54) is 37.8 Å². The van der Waals surface area contributed by atoms with Gasteiger partial charge in [0.05, 0.1) is 7.11 Å². The van der Waals surface area contributed by atoms with Crippen molar-refractivity contribution in [2.75, 3.05) is 37.4 Å². The van der Waals surface area contributed by atoms with E-state index in [2.05, 4.69) is 38.0 Å². The van der Waals surface area contributed by atoms with E-state index in [-0.39, 0.29) is 0 Å². The van der Waals surface area contributed by atoms with E-state index in [4.69, 9.17) is 10.5 Å². The van der Waals surface area contributed by atoms with Crippen molar-refractivity contribution in [2.45, 2.75) is 44.2 Å². The third-order valence-electron chi connectivity index (χ3n) is 7.18. The fourth-order valence-electron chi connectivity index (χ4n) is 5.96. The summed E-state index contributed by atoms with van der Waals surface area (Å²) >= 11 is 0. The minimum atomic E-state index is 0.366. The highest BCUT2D eigenvalue weighted by Gasteiger charge is 2.47. The molecule has 0 amide bonds. The van der Waals surface area contributed by atoms with Gasteiger partial charge in [-0.15, -0.1) is 0 Å². The molecule has 3 saturated heterocycles. The number of fused-ring (bicyclic) bond motifs is 4. The predicted molar refractivity (Wildman–Crippen MR) is 115 cm³/mol. The molecule has 4 heterocycles. The molecule has 2 aromatic rings. The Morgan fingerprint density at radius 2 is 2.07 bits per heavy atom. The first-order chi connectivity index (χ1) is 14.2. The smallest absolute Gasteiger partial charge is 0.221 e. The van der Waals surface area contributed by atoms with Gasteiger partial charge in [0.15, 0.2) is 0 Å². The molecule has 154 valence electrons. The number of nitrogens with two attached hydrogens (primary N) is 1. The number of nitrogen functional groups attached to an aromatic ring is 1. The Morgan fingerprint density at radius 1 is 1.17 bits per heavy atom. The first-order valence-electron chi connectivity index (χ1n) is 10.9. The molecule has 3 aliphatic rings. The van der Waals surface area contributed by atoms with Crippen molar-refractivity contribution in [3.05, 3.63) is 42.1 Å². The third-order valence-corrected chi connectivity index (χ3v) is 7.18. The standard InChI is InChI=1S/C23H31N5O/c1-29-19-6-4-5-16(11-19)12-21-18-13-17(20-7-2-3-10-28(20)21)14-27(15-18)22-8-9-25-23(24)26-22/h4-6,8-9,11,17-18,20-21H,2-3,7,10,12-15H2,1H3,(H2,24,25,26)/t17-,18+,20+,21+/m1/s1. The van der Waals surface area contributed by atoms with Gasteiger partial charge in [-0.05, 0) is 67.8 Å². The van der Waals surface area contributed by atoms with Gasteiger partial charge in [0.2, 0.25) is 5.95 Å². The van der Waals surface area contributed by atoms with E-state index in [0.29, 0.717) is 29.9 Å². The lowest BCUT2D eigenvalue weighted by Gasteiger charge is -2.57. The summed E-state index contributed by atoms with van der Waals surface area (Å²) in [5, 5.41) is 0. The Balaban J connectivity index is 1.43. The Bertz CT molecular complexity index is 859. The summed E-state index contributed by atoms with van der Waals surface area (Å²) in [6.45, 7) is 3.37. The van der Waals surface area contributed by atoms with Crippen LogP contribution in [0.4, 0.5) is 11.8 Å². The van der Waals surface area contributed by atoms with Crippen LogP contribution in [0.2, 0.25) is 0 Å². The number of ether oxygens (including phenoxy) is 1. The van der Waals surface area contributed by atoms with E-state index < -0.39 is 0 Å². The molecule has 1 aromatic carbocycles. The Kier molecular flexibility index (Phi) is 5.04. The fourth-order valence-corrected chi connectivity index (χ4v) is 5.96. The zero-order chi connectivity index (χ0) is 19.8. The topological polar surface area (TPSA) is 67.5 Å². The average molecular weight is 394 g/mol. The maximum absolute atomic E-state index is 5.88. The van der Waals surface area contributed by atoms with Crippen LogP contribution in [0.3, 0.4) is 0 Å². The van der Waals surface area contributed by atoms with Gasteiger partial charge in [-0.2, -0.15) is 4.98 Å². The molecule has 2 bridgehead atoms. The number of hydrogen-bond acceptors (Lipinski definition) is 6. The lowest BCUT2D eigenvalue weighted by Crippen LogP contribution is -2.64. The van der Waals surface area contributed by atoms with Crippen LogP contribution in [-0.2, 0) is 6.42 Å². The summed E-state index contributed by atoms with van der Waals surface area (Å²) in [5.74, 6) is 3.66. The highest BCUT2D eigenvalue weighted by Crippen LogP contribution is 2.43. The van der Waals surface area contributed by atoms with Crippen LogP contribution in [0, 0.1) is 11.8 Å². The molecule has 3 aliphatic heterocycles. The van der Waals surface area contributed by atoms with Crippen molar-refractivity contribution in [1.29, 1.82) is 0 Å². The number of rotatable bonds is 4.